The van der Waals surface area contributed by atoms with Crippen molar-refractivity contribution in [3.63, 3.8) is 0 Å². The van der Waals surface area contributed by atoms with Crippen LogP contribution in [0.15, 0.2) is 30.3 Å². The number of hydrogen-bond donors (Lipinski definition) is 1. The van der Waals surface area contributed by atoms with E-state index in [1.165, 1.54) is 5.56 Å². The predicted octanol–water partition coefficient (Wildman–Crippen LogP) is 1.34. The lowest BCUT2D eigenvalue weighted by Crippen LogP contribution is -2.51. The van der Waals surface area contributed by atoms with E-state index in [9.17, 15) is 4.79 Å². The lowest BCUT2D eigenvalue weighted by molar-refractivity contribution is -0.142. The number of piperazine rings is 1. The molecule has 2 unspecified atom stereocenters. The van der Waals surface area contributed by atoms with Crippen LogP contribution in [-0.4, -0.2) is 43.2 Å². The van der Waals surface area contributed by atoms with Crippen LogP contribution in [-0.2, 0) is 9.53 Å². The normalized spacial score (nSPS) is 27.5. The quantitative estimate of drug-likeness (QED) is 0.872. The van der Waals surface area contributed by atoms with E-state index in [0.29, 0.717) is 0 Å². The molecule has 1 N–H and O–H groups in total. The van der Waals surface area contributed by atoms with Crippen LogP contribution in [0.5, 0.6) is 0 Å². The number of nitrogens with one attached hydrogen (secondary N) is 1. The second-order valence-corrected chi connectivity index (χ2v) is 5.20. The molecule has 0 saturated carbocycles. The van der Waals surface area contributed by atoms with Crippen molar-refractivity contribution >= 4 is 5.91 Å². The van der Waals surface area contributed by atoms with Crippen molar-refractivity contribution in [2.24, 2.45) is 0 Å². The van der Waals surface area contributed by atoms with Crippen molar-refractivity contribution in [3.05, 3.63) is 35.9 Å². The Balaban J connectivity index is 1.66. The van der Waals surface area contributed by atoms with E-state index in [1.807, 2.05) is 23.1 Å². The van der Waals surface area contributed by atoms with Gasteiger partial charge in [0.05, 0.1) is 0 Å². The van der Waals surface area contributed by atoms with Crippen molar-refractivity contribution in [2.45, 2.75) is 25.0 Å². The maximum absolute atomic E-state index is 12.4. The number of ether oxygens (including phenoxy) is 1. The van der Waals surface area contributed by atoms with Crippen LogP contribution in [0.25, 0.3) is 0 Å². The van der Waals surface area contributed by atoms with Gasteiger partial charge in [0.25, 0.3) is 5.91 Å². The van der Waals surface area contributed by atoms with Crippen LogP contribution in [0.4, 0.5) is 0 Å². The van der Waals surface area contributed by atoms with Crippen molar-refractivity contribution in [2.75, 3.05) is 26.2 Å². The first-order valence-corrected chi connectivity index (χ1v) is 7.03. The Morgan fingerprint density at radius 2 is 2.16 bits per heavy atom. The molecule has 2 aliphatic rings. The first-order chi connectivity index (χ1) is 9.34. The molecule has 0 aliphatic carbocycles. The molecule has 4 heteroatoms. The molecule has 0 spiro atoms. The number of amides is 1. The Kier molecular flexibility index (Phi) is 3.80. The summed E-state index contributed by atoms with van der Waals surface area (Å²) < 4.78 is 5.50. The summed E-state index contributed by atoms with van der Waals surface area (Å²) in [6.07, 6.45) is 1.68. The van der Waals surface area contributed by atoms with E-state index >= 15 is 0 Å². The highest BCUT2D eigenvalue weighted by atomic mass is 16.5. The van der Waals surface area contributed by atoms with E-state index in [0.717, 1.165) is 39.1 Å². The third-order valence-corrected chi connectivity index (χ3v) is 3.89. The standard InChI is InChI=1S/C15H20N2O2/c18-15(14-7-4-10-19-14)17-9-8-16-13(11-17)12-5-2-1-3-6-12/h1-3,5-6,13-14,16H,4,7-11H2. The highest BCUT2D eigenvalue weighted by Crippen LogP contribution is 2.20. The lowest BCUT2D eigenvalue weighted by atomic mass is 10.0. The molecule has 0 radical (unpaired) electrons. The molecule has 0 bridgehead atoms. The van der Waals surface area contributed by atoms with Crippen LogP contribution in [0.3, 0.4) is 0 Å². The average molecular weight is 260 g/mol. The summed E-state index contributed by atoms with van der Waals surface area (Å²) in [4.78, 5) is 14.3. The SMILES string of the molecule is O=C(C1CCCO1)N1CCNC(c2ccccc2)C1. The molecule has 1 aromatic rings. The van der Waals surface area contributed by atoms with Gasteiger partial charge in [-0.05, 0) is 18.4 Å². The molecule has 0 aromatic heterocycles. The van der Waals surface area contributed by atoms with E-state index in [-0.39, 0.29) is 18.1 Å². The fraction of sp³-hybridized carbons (Fsp3) is 0.533. The molecule has 2 saturated heterocycles. The van der Waals surface area contributed by atoms with Crippen LogP contribution in [0.2, 0.25) is 0 Å². The zero-order chi connectivity index (χ0) is 13.1. The topological polar surface area (TPSA) is 41.6 Å². The Morgan fingerprint density at radius 3 is 2.89 bits per heavy atom. The van der Waals surface area contributed by atoms with Crippen LogP contribution >= 0.6 is 0 Å². The van der Waals surface area contributed by atoms with Gasteiger partial charge in [0.15, 0.2) is 0 Å². The van der Waals surface area contributed by atoms with Gasteiger partial charge in [0, 0.05) is 32.3 Å². The van der Waals surface area contributed by atoms with E-state index in [2.05, 4.69) is 17.4 Å². The minimum Gasteiger partial charge on any atom is -0.368 e. The second-order valence-electron chi connectivity index (χ2n) is 5.20. The summed E-state index contributed by atoms with van der Waals surface area (Å²) in [6.45, 7) is 3.09. The van der Waals surface area contributed by atoms with Crippen molar-refractivity contribution < 1.29 is 9.53 Å². The molecular weight excluding hydrogens is 240 g/mol. The molecular formula is C15H20N2O2. The third kappa shape index (κ3) is 2.80. The number of carbonyl (C=O) groups is 1. The molecule has 2 fully saturated rings. The summed E-state index contributed by atoms with van der Waals surface area (Å²) in [5, 5.41) is 3.48. The minimum absolute atomic E-state index is 0.167. The molecule has 4 nitrogen and oxygen atoms in total. The Bertz CT molecular complexity index is 429. The fourth-order valence-corrected chi connectivity index (χ4v) is 2.83. The van der Waals surface area contributed by atoms with E-state index < -0.39 is 0 Å². The number of carbonyl (C=O) groups excluding carboxylic acids is 1. The van der Waals surface area contributed by atoms with Crippen molar-refractivity contribution in [1.29, 1.82) is 0 Å². The van der Waals surface area contributed by atoms with Gasteiger partial charge in [-0.3, -0.25) is 4.79 Å². The predicted molar refractivity (Wildman–Crippen MR) is 72.7 cm³/mol. The molecule has 2 aliphatic heterocycles. The van der Waals surface area contributed by atoms with Crippen molar-refractivity contribution in [1.82, 2.24) is 10.2 Å². The fourth-order valence-electron chi connectivity index (χ4n) is 2.83. The maximum atomic E-state index is 12.4. The van der Waals surface area contributed by atoms with Gasteiger partial charge in [0.1, 0.15) is 6.10 Å². The molecule has 2 heterocycles. The first kappa shape index (κ1) is 12.6. The molecule has 102 valence electrons. The summed E-state index contributed by atoms with van der Waals surface area (Å²) >= 11 is 0. The summed E-state index contributed by atoms with van der Waals surface area (Å²) in [6, 6.07) is 10.5. The zero-order valence-corrected chi connectivity index (χ0v) is 11.0. The van der Waals surface area contributed by atoms with Gasteiger partial charge in [0.2, 0.25) is 0 Å². The number of benzene rings is 1. The van der Waals surface area contributed by atoms with Gasteiger partial charge in [-0.15, -0.1) is 0 Å². The summed E-state index contributed by atoms with van der Waals surface area (Å²) in [5.41, 5.74) is 1.24. The maximum Gasteiger partial charge on any atom is 0.251 e. The average Bonchev–Trinajstić information content (AvgIpc) is 3.02. The van der Waals surface area contributed by atoms with Gasteiger partial charge in [-0.25, -0.2) is 0 Å². The van der Waals surface area contributed by atoms with Crippen molar-refractivity contribution in [3.8, 4) is 0 Å². The molecule has 1 aromatic carbocycles. The first-order valence-electron chi connectivity index (χ1n) is 7.03. The Labute approximate surface area is 113 Å². The monoisotopic (exact) mass is 260 g/mol. The molecule has 1 amide bonds. The van der Waals surface area contributed by atoms with Crippen LogP contribution in [0, 0.1) is 0 Å². The van der Waals surface area contributed by atoms with Gasteiger partial charge < -0.3 is 15.0 Å². The second kappa shape index (κ2) is 5.72. The number of nitrogens with zero attached hydrogens (tertiary/aromatic N) is 1. The molecule has 3 rings (SSSR count). The van der Waals surface area contributed by atoms with Crippen LogP contribution in [0.1, 0.15) is 24.4 Å². The van der Waals surface area contributed by atoms with Gasteiger partial charge >= 0.3 is 0 Å². The van der Waals surface area contributed by atoms with E-state index in [1.54, 1.807) is 0 Å². The molecule has 19 heavy (non-hydrogen) atoms. The zero-order valence-electron chi connectivity index (χ0n) is 11.0. The van der Waals surface area contributed by atoms with E-state index in [4.69, 9.17) is 4.74 Å². The Morgan fingerprint density at radius 1 is 1.32 bits per heavy atom. The molecule has 2 atom stereocenters. The van der Waals surface area contributed by atoms with Gasteiger partial charge in [-0.1, -0.05) is 30.3 Å². The number of rotatable bonds is 2. The minimum atomic E-state index is -0.200. The smallest absolute Gasteiger partial charge is 0.251 e. The summed E-state index contributed by atoms with van der Waals surface area (Å²) in [5.74, 6) is 0.167. The highest BCUT2D eigenvalue weighted by molar-refractivity contribution is 5.81. The number of hydrogen-bond acceptors (Lipinski definition) is 3. The third-order valence-electron chi connectivity index (χ3n) is 3.89. The van der Waals surface area contributed by atoms with Gasteiger partial charge in [-0.2, -0.15) is 0 Å². The largest absolute Gasteiger partial charge is 0.368 e. The van der Waals surface area contributed by atoms with Crippen LogP contribution < -0.4 is 5.32 Å². The lowest BCUT2D eigenvalue weighted by Gasteiger charge is -2.35. The summed E-state index contributed by atoms with van der Waals surface area (Å²) in [7, 11) is 0. The highest BCUT2D eigenvalue weighted by Gasteiger charge is 2.31. The Hall–Kier alpha value is -1.39.